The molecule has 9 nitrogen and oxygen atoms in total. The van der Waals surface area contributed by atoms with Crippen LogP contribution in [0.25, 0.3) is 0 Å². The molecule has 0 aliphatic carbocycles. The molecule has 0 aromatic heterocycles. The Bertz CT molecular complexity index is 930. The van der Waals surface area contributed by atoms with Crippen LogP contribution in [0, 0.1) is 0 Å². The Morgan fingerprint density at radius 2 is 1.65 bits per heavy atom. The minimum Gasteiger partial charge on any atom is -0.497 e. The second-order valence-corrected chi connectivity index (χ2v) is 6.47. The number of nitrogens with one attached hydrogen (secondary N) is 2. The van der Waals surface area contributed by atoms with Crippen molar-refractivity contribution in [3.8, 4) is 17.2 Å². The molecule has 1 unspecified atom stereocenters. The molecule has 0 aliphatic rings. The first-order valence-corrected chi connectivity index (χ1v) is 9.47. The number of hydrogen-bond acceptors (Lipinski definition) is 7. The summed E-state index contributed by atoms with van der Waals surface area (Å²) < 4.78 is 20.5. The molecule has 2 aromatic rings. The van der Waals surface area contributed by atoms with E-state index in [1.54, 1.807) is 56.5 Å². The molecule has 2 aromatic carbocycles. The minimum absolute atomic E-state index is 0.339. The largest absolute Gasteiger partial charge is 0.497 e. The van der Waals surface area contributed by atoms with Crippen molar-refractivity contribution in [3.63, 3.8) is 0 Å². The van der Waals surface area contributed by atoms with Gasteiger partial charge >= 0.3 is 5.97 Å². The lowest BCUT2D eigenvalue weighted by molar-refractivity contribution is -0.147. The normalized spacial score (nSPS) is 11.1. The number of esters is 1. The van der Waals surface area contributed by atoms with Gasteiger partial charge < -0.3 is 29.6 Å². The summed E-state index contributed by atoms with van der Waals surface area (Å²) >= 11 is 0. The number of carbonyl (C=O) groups is 3. The van der Waals surface area contributed by atoms with E-state index >= 15 is 0 Å². The Balaban J connectivity index is 1.81. The second-order valence-electron chi connectivity index (χ2n) is 6.47. The van der Waals surface area contributed by atoms with Crippen LogP contribution in [0.5, 0.6) is 17.2 Å². The molecule has 0 aliphatic heterocycles. The monoisotopic (exact) mass is 430 g/mol. The van der Waals surface area contributed by atoms with Gasteiger partial charge in [0.1, 0.15) is 23.8 Å². The highest BCUT2D eigenvalue weighted by Gasteiger charge is 2.17. The van der Waals surface area contributed by atoms with Crippen LogP contribution < -0.4 is 24.8 Å². The van der Waals surface area contributed by atoms with Crippen LogP contribution in [0.2, 0.25) is 0 Å². The highest BCUT2D eigenvalue weighted by Crippen LogP contribution is 2.29. The van der Waals surface area contributed by atoms with E-state index in [0.29, 0.717) is 28.4 Å². The van der Waals surface area contributed by atoms with Gasteiger partial charge in [0.25, 0.3) is 11.8 Å². The number of hydrogen-bond donors (Lipinski definition) is 2. The molecule has 0 fully saturated rings. The van der Waals surface area contributed by atoms with Gasteiger partial charge in [-0.3, -0.25) is 14.4 Å². The molecule has 0 radical (unpaired) electrons. The van der Waals surface area contributed by atoms with Crippen molar-refractivity contribution < 1.29 is 33.3 Å². The van der Waals surface area contributed by atoms with E-state index in [-0.39, 0.29) is 6.54 Å². The third-order valence-electron chi connectivity index (χ3n) is 4.37. The van der Waals surface area contributed by atoms with E-state index < -0.39 is 30.4 Å². The summed E-state index contributed by atoms with van der Waals surface area (Å²) in [5.41, 5.74) is 1.05. The van der Waals surface area contributed by atoms with Crippen LogP contribution in [0.15, 0.2) is 42.5 Å². The fraction of sp³-hybridized carbons (Fsp3) is 0.318. The van der Waals surface area contributed by atoms with Crippen molar-refractivity contribution in [2.75, 3.05) is 34.5 Å². The van der Waals surface area contributed by atoms with Crippen molar-refractivity contribution in [2.45, 2.75) is 13.0 Å². The number of benzene rings is 2. The highest BCUT2D eigenvalue weighted by atomic mass is 16.5. The lowest BCUT2D eigenvalue weighted by Gasteiger charge is -2.18. The molecule has 9 heteroatoms. The molecule has 2 N–H and O–H groups in total. The topological polar surface area (TPSA) is 112 Å². The predicted molar refractivity (Wildman–Crippen MR) is 112 cm³/mol. The van der Waals surface area contributed by atoms with Crippen LogP contribution >= 0.6 is 0 Å². The van der Waals surface area contributed by atoms with Crippen LogP contribution in [0.3, 0.4) is 0 Å². The first-order chi connectivity index (χ1) is 14.9. The van der Waals surface area contributed by atoms with Crippen LogP contribution in [-0.4, -0.2) is 52.3 Å². The summed E-state index contributed by atoms with van der Waals surface area (Å²) in [5, 5.41) is 5.16. The highest BCUT2D eigenvalue weighted by molar-refractivity contribution is 5.96. The molecule has 1 atom stereocenters. The molecule has 0 heterocycles. The van der Waals surface area contributed by atoms with Gasteiger partial charge in [0, 0.05) is 11.1 Å². The zero-order valence-electron chi connectivity index (χ0n) is 17.9. The van der Waals surface area contributed by atoms with Crippen molar-refractivity contribution in [1.29, 1.82) is 0 Å². The van der Waals surface area contributed by atoms with E-state index in [1.807, 2.05) is 0 Å². The molecular weight excluding hydrogens is 404 g/mol. The number of ether oxygens (including phenoxy) is 4. The second kappa shape index (κ2) is 11.4. The minimum atomic E-state index is -0.738. The first-order valence-electron chi connectivity index (χ1n) is 9.47. The van der Waals surface area contributed by atoms with Crippen LogP contribution in [0.1, 0.15) is 28.9 Å². The molecule has 2 rings (SSSR count). The van der Waals surface area contributed by atoms with Gasteiger partial charge in [-0.2, -0.15) is 0 Å². The average molecular weight is 430 g/mol. The van der Waals surface area contributed by atoms with Gasteiger partial charge in [0.15, 0.2) is 6.61 Å². The lowest BCUT2D eigenvalue weighted by atomic mass is 10.1. The lowest BCUT2D eigenvalue weighted by Crippen LogP contribution is -2.34. The number of methoxy groups -OCH3 is 3. The van der Waals surface area contributed by atoms with E-state index in [9.17, 15) is 14.4 Å². The fourth-order valence-corrected chi connectivity index (χ4v) is 2.75. The van der Waals surface area contributed by atoms with E-state index in [0.717, 1.165) is 0 Å². The number of amides is 2. The number of rotatable bonds is 10. The van der Waals surface area contributed by atoms with Gasteiger partial charge in [-0.1, -0.05) is 6.07 Å². The third kappa shape index (κ3) is 6.91. The quantitative estimate of drug-likeness (QED) is 0.553. The van der Waals surface area contributed by atoms with Crippen molar-refractivity contribution in [3.05, 3.63) is 53.6 Å². The van der Waals surface area contributed by atoms with Gasteiger partial charge in [0.2, 0.25) is 0 Å². The Kier molecular flexibility index (Phi) is 8.68. The predicted octanol–water partition coefficient (Wildman–Crippen LogP) is 1.86. The van der Waals surface area contributed by atoms with E-state index in [1.165, 1.54) is 14.2 Å². The average Bonchev–Trinajstić information content (AvgIpc) is 2.80. The van der Waals surface area contributed by atoms with Gasteiger partial charge in [-0.15, -0.1) is 0 Å². The molecule has 0 bridgehead atoms. The number of carbonyl (C=O) groups excluding carboxylic acids is 3. The summed E-state index contributed by atoms with van der Waals surface area (Å²) in [6.07, 6.45) is 0. The standard InChI is InChI=1S/C22H26N2O7/c1-14(18-11-17(29-3)8-9-19(18)30-4)24-20(25)13-31-21(26)12-23-22(27)15-6-5-7-16(10-15)28-2/h5-11,14H,12-13H2,1-4H3,(H,23,27)(H,24,25). The van der Waals surface area contributed by atoms with Crippen molar-refractivity contribution in [2.24, 2.45) is 0 Å². The van der Waals surface area contributed by atoms with Gasteiger partial charge in [-0.05, 0) is 43.3 Å². The van der Waals surface area contributed by atoms with Crippen LogP contribution in [-0.2, 0) is 14.3 Å². The van der Waals surface area contributed by atoms with Gasteiger partial charge in [-0.25, -0.2) is 0 Å². The zero-order chi connectivity index (χ0) is 22.8. The third-order valence-corrected chi connectivity index (χ3v) is 4.37. The maximum Gasteiger partial charge on any atom is 0.325 e. The molecule has 31 heavy (non-hydrogen) atoms. The summed E-state index contributed by atoms with van der Waals surface area (Å²) in [6, 6.07) is 11.3. The molecular formula is C22H26N2O7. The molecule has 166 valence electrons. The maximum absolute atomic E-state index is 12.2. The Hall–Kier alpha value is -3.75. The molecule has 0 saturated heterocycles. The van der Waals surface area contributed by atoms with E-state index in [2.05, 4.69) is 10.6 Å². The Morgan fingerprint density at radius 3 is 2.32 bits per heavy atom. The fourth-order valence-electron chi connectivity index (χ4n) is 2.75. The summed E-state index contributed by atoms with van der Waals surface area (Å²) in [7, 11) is 4.56. The van der Waals surface area contributed by atoms with Crippen molar-refractivity contribution >= 4 is 17.8 Å². The smallest absolute Gasteiger partial charge is 0.325 e. The van der Waals surface area contributed by atoms with Crippen molar-refractivity contribution in [1.82, 2.24) is 10.6 Å². The maximum atomic E-state index is 12.2. The SMILES string of the molecule is COc1cccc(C(=O)NCC(=O)OCC(=O)NC(C)c2cc(OC)ccc2OC)c1. The Morgan fingerprint density at radius 1 is 0.935 bits per heavy atom. The first kappa shape index (κ1) is 23.5. The summed E-state index contributed by atoms with van der Waals surface area (Å²) in [5.74, 6) is 0.0385. The summed E-state index contributed by atoms with van der Waals surface area (Å²) in [4.78, 5) is 36.1. The van der Waals surface area contributed by atoms with Gasteiger partial charge in [0.05, 0.1) is 27.4 Å². The molecule has 0 saturated carbocycles. The molecule has 2 amide bonds. The molecule has 0 spiro atoms. The van der Waals surface area contributed by atoms with E-state index in [4.69, 9.17) is 18.9 Å². The summed E-state index contributed by atoms with van der Waals surface area (Å²) in [6.45, 7) is 0.915. The Labute approximate surface area is 180 Å². The zero-order valence-corrected chi connectivity index (χ0v) is 17.9. The van der Waals surface area contributed by atoms with Crippen LogP contribution in [0.4, 0.5) is 0 Å².